The van der Waals surface area contributed by atoms with E-state index in [2.05, 4.69) is 15.4 Å². The molecule has 0 unspecified atom stereocenters. The van der Waals surface area contributed by atoms with Crippen LogP contribution in [0.3, 0.4) is 0 Å². The third-order valence-electron chi connectivity index (χ3n) is 3.50. The smallest absolute Gasteiger partial charge is 0.261 e. The number of sulfone groups is 1. The molecule has 1 amide bonds. The van der Waals surface area contributed by atoms with Crippen molar-refractivity contribution in [1.29, 1.82) is 0 Å². The van der Waals surface area contributed by atoms with Crippen LogP contribution < -0.4 is 10.9 Å². The average Bonchev–Trinajstić information content (AvgIpc) is 3.04. The van der Waals surface area contributed by atoms with Crippen molar-refractivity contribution in [2.24, 2.45) is 7.05 Å². The van der Waals surface area contributed by atoms with Gasteiger partial charge in [-0.25, -0.2) is 8.42 Å². The van der Waals surface area contributed by atoms with Gasteiger partial charge in [-0.2, -0.15) is 5.10 Å². The van der Waals surface area contributed by atoms with Gasteiger partial charge in [0.1, 0.15) is 5.56 Å². The van der Waals surface area contributed by atoms with Crippen LogP contribution in [0.5, 0.6) is 0 Å². The number of aromatic nitrogens is 3. The van der Waals surface area contributed by atoms with Gasteiger partial charge in [-0.1, -0.05) is 0 Å². The molecule has 0 saturated carbocycles. The molecule has 1 aliphatic rings. The highest BCUT2D eigenvalue weighted by molar-refractivity contribution is 7.94. The second kappa shape index (κ2) is 5.51. The molecule has 0 aliphatic carbocycles. The lowest BCUT2D eigenvalue weighted by Crippen LogP contribution is -2.38. The van der Waals surface area contributed by atoms with E-state index in [1.54, 1.807) is 30.1 Å². The van der Waals surface area contributed by atoms with E-state index >= 15 is 0 Å². The summed E-state index contributed by atoms with van der Waals surface area (Å²) in [7, 11) is -1.53. The van der Waals surface area contributed by atoms with Crippen LogP contribution in [0.2, 0.25) is 0 Å². The normalized spacial score (nSPS) is 18.9. The Hall–Kier alpha value is -2.68. The quantitative estimate of drug-likeness (QED) is 0.808. The first-order valence-electron chi connectivity index (χ1n) is 6.79. The molecule has 23 heavy (non-hydrogen) atoms. The second-order valence-electron chi connectivity index (χ2n) is 5.19. The summed E-state index contributed by atoms with van der Waals surface area (Å²) in [6.07, 6.45) is 2.99. The van der Waals surface area contributed by atoms with Crippen molar-refractivity contribution >= 4 is 15.7 Å². The highest BCUT2D eigenvalue weighted by Crippen LogP contribution is 2.14. The third kappa shape index (κ3) is 3.09. The van der Waals surface area contributed by atoms with E-state index in [1.165, 1.54) is 12.1 Å². The van der Waals surface area contributed by atoms with E-state index < -0.39 is 27.3 Å². The number of carbonyl (C=O) groups is 1. The first-order chi connectivity index (χ1) is 10.9. The fourth-order valence-corrected chi connectivity index (χ4v) is 3.59. The Balaban J connectivity index is 1.81. The zero-order valence-electron chi connectivity index (χ0n) is 12.2. The number of hydrogen-bond acceptors (Lipinski definition) is 5. The number of aryl methyl sites for hydroxylation is 1. The van der Waals surface area contributed by atoms with Gasteiger partial charge in [-0.3, -0.25) is 14.3 Å². The van der Waals surface area contributed by atoms with Crippen LogP contribution in [0.1, 0.15) is 10.4 Å². The molecule has 2 N–H and O–H groups in total. The molecular weight excluding hydrogens is 320 g/mol. The summed E-state index contributed by atoms with van der Waals surface area (Å²) in [5, 5.41) is 7.59. The van der Waals surface area contributed by atoms with E-state index in [4.69, 9.17) is 0 Å². The van der Waals surface area contributed by atoms with Crippen LogP contribution in [-0.4, -0.2) is 40.9 Å². The summed E-state index contributed by atoms with van der Waals surface area (Å²) in [5.41, 5.74) is 0.619. The Morgan fingerprint density at radius 2 is 2.17 bits per heavy atom. The summed E-state index contributed by atoms with van der Waals surface area (Å²) in [6.45, 7) is 0. The third-order valence-corrected chi connectivity index (χ3v) is 4.89. The second-order valence-corrected chi connectivity index (χ2v) is 7.12. The van der Waals surface area contributed by atoms with Crippen molar-refractivity contribution in [3.8, 4) is 11.4 Å². The minimum Gasteiger partial charge on any atom is -0.345 e. The number of rotatable bonds is 3. The molecular formula is C14H14N4O4S. The number of pyridine rings is 1. The zero-order chi connectivity index (χ0) is 16.6. The molecule has 120 valence electrons. The molecule has 0 saturated heterocycles. The van der Waals surface area contributed by atoms with Crippen molar-refractivity contribution in [3.63, 3.8) is 0 Å². The zero-order valence-corrected chi connectivity index (χ0v) is 13.0. The molecule has 2 aromatic rings. The van der Waals surface area contributed by atoms with Crippen LogP contribution in [0.4, 0.5) is 0 Å². The fourth-order valence-electron chi connectivity index (χ4n) is 2.35. The standard InChI is InChI=1S/C14H14N4O4S/c1-18-12(4-6-15-18)11-3-2-10(14(20)17-11)13(19)16-9-5-7-23(21,22)8-9/h2-7,9H,8H2,1H3,(H,16,19)(H,17,20)/t9-/m1/s1. The largest absolute Gasteiger partial charge is 0.345 e. The Labute approximate surface area is 131 Å². The monoisotopic (exact) mass is 334 g/mol. The van der Waals surface area contributed by atoms with Crippen LogP contribution in [0.15, 0.2) is 40.7 Å². The number of nitrogens with one attached hydrogen (secondary N) is 2. The lowest BCUT2D eigenvalue weighted by Gasteiger charge is -2.10. The Kier molecular flexibility index (Phi) is 3.64. The maximum Gasteiger partial charge on any atom is 0.261 e. The van der Waals surface area contributed by atoms with Gasteiger partial charge in [0.2, 0.25) is 0 Å². The van der Waals surface area contributed by atoms with Crippen molar-refractivity contribution < 1.29 is 13.2 Å². The number of H-pyrrole nitrogens is 1. The number of carbonyl (C=O) groups excluding carboxylic acids is 1. The van der Waals surface area contributed by atoms with Crippen LogP contribution >= 0.6 is 0 Å². The SMILES string of the molecule is Cn1nccc1-c1ccc(C(=O)N[C@@H]2C=CS(=O)(=O)C2)c(=O)[nH]1. The maximum atomic E-state index is 12.1. The van der Waals surface area contributed by atoms with Gasteiger partial charge in [0.25, 0.3) is 11.5 Å². The molecule has 3 rings (SSSR count). The fraction of sp³-hybridized carbons (Fsp3) is 0.214. The lowest BCUT2D eigenvalue weighted by molar-refractivity contribution is 0.0946. The minimum atomic E-state index is -3.27. The number of nitrogens with zero attached hydrogens (tertiary/aromatic N) is 2. The Morgan fingerprint density at radius 1 is 1.39 bits per heavy atom. The first kappa shape index (κ1) is 15.2. The molecule has 9 heteroatoms. The number of aromatic amines is 1. The Morgan fingerprint density at radius 3 is 2.74 bits per heavy atom. The van der Waals surface area contributed by atoms with E-state index in [1.807, 2.05) is 0 Å². The van der Waals surface area contributed by atoms with E-state index in [0.717, 1.165) is 5.41 Å². The average molecular weight is 334 g/mol. The molecule has 0 bridgehead atoms. The predicted octanol–water partition coefficient (Wildman–Crippen LogP) is -0.184. The number of amides is 1. The van der Waals surface area contributed by atoms with Crippen molar-refractivity contribution in [2.75, 3.05) is 5.75 Å². The predicted molar refractivity (Wildman–Crippen MR) is 83.4 cm³/mol. The molecule has 0 spiro atoms. The van der Waals surface area contributed by atoms with Gasteiger partial charge in [0.15, 0.2) is 9.84 Å². The molecule has 1 atom stereocenters. The number of hydrogen-bond donors (Lipinski definition) is 2. The van der Waals surface area contributed by atoms with Crippen LogP contribution in [0, 0.1) is 0 Å². The van der Waals surface area contributed by atoms with Gasteiger partial charge >= 0.3 is 0 Å². The highest BCUT2D eigenvalue weighted by atomic mass is 32.2. The van der Waals surface area contributed by atoms with Gasteiger partial charge in [-0.15, -0.1) is 0 Å². The van der Waals surface area contributed by atoms with E-state index in [9.17, 15) is 18.0 Å². The summed E-state index contributed by atoms with van der Waals surface area (Å²) in [5.74, 6) is -0.807. The molecule has 0 aromatic carbocycles. The summed E-state index contributed by atoms with van der Waals surface area (Å²) in [4.78, 5) is 26.9. The van der Waals surface area contributed by atoms with Crippen LogP contribution in [0.25, 0.3) is 11.4 Å². The Bertz CT molecular complexity index is 955. The maximum absolute atomic E-state index is 12.1. The molecule has 0 radical (unpaired) electrons. The molecule has 1 aliphatic heterocycles. The first-order valence-corrected chi connectivity index (χ1v) is 8.51. The van der Waals surface area contributed by atoms with Gasteiger partial charge in [0, 0.05) is 18.7 Å². The topological polar surface area (TPSA) is 114 Å². The highest BCUT2D eigenvalue weighted by Gasteiger charge is 2.24. The van der Waals surface area contributed by atoms with Crippen molar-refractivity contribution in [1.82, 2.24) is 20.1 Å². The van der Waals surface area contributed by atoms with E-state index in [0.29, 0.717) is 11.4 Å². The van der Waals surface area contributed by atoms with Gasteiger partial charge < -0.3 is 10.3 Å². The lowest BCUT2D eigenvalue weighted by atomic mass is 10.2. The van der Waals surface area contributed by atoms with Crippen LogP contribution in [-0.2, 0) is 16.9 Å². The molecule has 2 aromatic heterocycles. The van der Waals surface area contributed by atoms with Gasteiger partial charge in [0.05, 0.1) is 23.2 Å². The van der Waals surface area contributed by atoms with E-state index in [-0.39, 0.29) is 11.3 Å². The summed E-state index contributed by atoms with van der Waals surface area (Å²) >= 11 is 0. The molecule has 0 fully saturated rings. The molecule has 3 heterocycles. The van der Waals surface area contributed by atoms with Crippen molar-refractivity contribution in [2.45, 2.75) is 6.04 Å². The summed E-state index contributed by atoms with van der Waals surface area (Å²) in [6, 6.07) is 4.13. The van der Waals surface area contributed by atoms with Gasteiger partial charge in [-0.05, 0) is 24.3 Å². The minimum absolute atomic E-state index is 0.0754. The molecule has 8 nitrogen and oxygen atoms in total. The summed E-state index contributed by atoms with van der Waals surface area (Å²) < 4.78 is 24.2. The van der Waals surface area contributed by atoms with Crippen molar-refractivity contribution in [3.05, 3.63) is 51.8 Å².